The highest BCUT2D eigenvalue weighted by atomic mass is 16.5. The Morgan fingerprint density at radius 3 is 2.50 bits per heavy atom. The van der Waals surface area contributed by atoms with Crippen LogP contribution in [0.25, 0.3) is 10.9 Å². The van der Waals surface area contributed by atoms with Crippen molar-refractivity contribution in [2.45, 2.75) is 13.0 Å². The van der Waals surface area contributed by atoms with Crippen molar-refractivity contribution in [3.8, 4) is 0 Å². The quantitative estimate of drug-likeness (QED) is 0.593. The van der Waals surface area contributed by atoms with Gasteiger partial charge in [-0.25, -0.2) is 4.79 Å². The number of fused-ring (bicyclic) bond motifs is 1. The molecule has 0 saturated heterocycles. The number of hydrogen-bond donors (Lipinski definition) is 1. The number of nitrogens with one attached hydrogen (secondary N) is 1. The summed E-state index contributed by atoms with van der Waals surface area (Å²) >= 11 is 0. The number of carbonyl (C=O) groups is 2. The topological polar surface area (TPSA) is 72.0 Å². The molecule has 0 aliphatic heterocycles. The molecule has 1 unspecified atom stereocenters. The van der Waals surface area contributed by atoms with E-state index in [4.69, 9.17) is 4.74 Å². The SMILES string of the molecule is CC(OC(=O)c1n[nH]c2ccccc12)C(=O)c1ccccc1. The molecule has 5 nitrogen and oxygen atoms in total. The summed E-state index contributed by atoms with van der Waals surface area (Å²) in [5.74, 6) is -0.858. The molecule has 5 heteroatoms. The zero-order chi connectivity index (χ0) is 15.5. The molecule has 1 N–H and O–H groups in total. The van der Waals surface area contributed by atoms with Crippen molar-refractivity contribution in [3.63, 3.8) is 0 Å². The first-order valence-corrected chi connectivity index (χ1v) is 6.90. The van der Waals surface area contributed by atoms with E-state index < -0.39 is 12.1 Å². The van der Waals surface area contributed by atoms with Crippen LogP contribution in [0.2, 0.25) is 0 Å². The van der Waals surface area contributed by atoms with Crippen LogP contribution in [0.15, 0.2) is 54.6 Å². The highest BCUT2D eigenvalue weighted by molar-refractivity contribution is 6.04. The molecule has 1 heterocycles. The Morgan fingerprint density at radius 1 is 1.05 bits per heavy atom. The largest absolute Gasteiger partial charge is 0.449 e. The van der Waals surface area contributed by atoms with E-state index in [2.05, 4.69) is 10.2 Å². The number of rotatable bonds is 4. The summed E-state index contributed by atoms with van der Waals surface area (Å²) in [6.07, 6.45) is -0.870. The van der Waals surface area contributed by atoms with Crippen LogP contribution >= 0.6 is 0 Å². The third kappa shape index (κ3) is 2.61. The van der Waals surface area contributed by atoms with Crippen molar-refractivity contribution >= 4 is 22.7 Å². The normalized spacial score (nSPS) is 12.0. The molecule has 110 valence electrons. The summed E-state index contributed by atoms with van der Waals surface area (Å²) < 4.78 is 5.25. The molecule has 1 aromatic heterocycles. The second kappa shape index (κ2) is 5.81. The number of para-hydroxylation sites is 1. The van der Waals surface area contributed by atoms with E-state index in [-0.39, 0.29) is 11.5 Å². The summed E-state index contributed by atoms with van der Waals surface area (Å²) in [6, 6.07) is 16.0. The van der Waals surface area contributed by atoms with Crippen LogP contribution in [0.5, 0.6) is 0 Å². The number of nitrogens with zero attached hydrogens (tertiary/aromatic N) is 1. The molecule has 1 atom stereocenters. The zero-order valence-corrected chi connectivity index (χ0v) is 11.9. The molecule has 0 radical (unpaired) electrons. The first-order chi connectivity index (χ1) is 10.7. The Morgan fingerprint density at radius 2 is 1.73 bits per heavy atom. The van der Waals surface area contributed by atoms with Gasteiger partial charge in [0.2, 0.25) is 5.78 Å². The van der Waals surface area contributed by atoms with Gasteiger partial charge in [-0.05, 0) is 13.0 Å². The molecule has 0 aliphatic rings. The Kier molecular flexibility index (Phi) is 3.70. The van der Waals surface area contributed by atoms with Gasteiger partial charge in [0.05, 0.1) is 5.52 Å². The number of benzene rings is 2. The minimum Gasteiger partial charge on any atom is -0.449 e. The van der Waals surface area contributed by atoms with Crippen molar-refractivity contribution < 1.29 is 14.3 Å². The van der Waals surface area contributed by atoms with Crippen LogP contribution < -0.4 is 0 Å². The van der Waals surface area contributed by atoms with Crippen molar-refractivity contribution in [1.29, 1.82) is 0 Å². The van der Waals surface area contributed by atoms with Crippen molar-refractivity contribution in [3.05, 3.63) is 65.9 Å². The summed E-state index contributed by atoms with van der Waals surface area (Å²) in [4.78, 5) is 24.4. The molecule has 2 aromatic carbocycles. The Hall–Kier alpha value is -2.95. The van der Waals surface area contributed by atoms with Gasteiger partial charge in [0.1, 0.15) is 0 Å². The number of ketones is 1. The second-order valence-corrected chi connectivity index (χ2v) is 4.90. The average molecular weight is 294 g/mol. The number of hydrogen-bond acceptors (Lipinski definition) is 4. The van der Waals surface area contributed by atoms with Crippen LogP contribution in [0.3, 0.4) is 0 Å². The van der Waals surface area contributed by atoms with Crippen LogP contribution in [0.1, 0.15) is 27.8 Å². The van der Waals surface area contributed by atoms with Crippen LogP contribution in [-0.4, -0.2) is 28.1 Å². The molecule has 0 amide bonds. The standard InChI is InChI=1S/C17H14N2O3/c1-11(16(20)12-7-3-2-4-8-12)22-17(21)15-13-9-5-6-10-14(13)18-19-15/h2-11H,1H3,(H,18,19). The molecule has 22 heavy (non-hydrogen) atoms. The average Bonchev–Trinajstić information content (AvgIpc) is 2.99. The fourth-order valence-electron chi connectivity index (χ4n) is 2.23. The molecular weight excluding hydrogens is 280 g/mol. The van der Waals surface area contributed by atoms with Crippen molar-refractivity contribution in [1.82, 2.24) is 10.2 Å². The van der Waals surface area contributed by atoms with Crippen LogP contribution in [0, 0.1) is 0 Å². The predicted molar refractivity (Wildman–Crippen MR) is 81.7 cm³/mol. The predicted octanol–water partition coefficient (Wildman–Crippen LogP) is 2.99. The lowest BCUT2D eigenvalue weighted by Gasteiger charge is -2.11. The van der Waals surface area contributed by atoms with E-state index in [1.807, 2.05) is 24.3 Å². The second-order valence-electron chi connectivity index (χ2n) is 4.90. The summed E-state index contributed by atoms with van der Waals surface area (Å²) in [7, 11) is 0. The lowest BCUT2D eigenvalue weighted by Crippen LogP contribution is -2.24. The molecule has 3 rings (SSSR count). The van der Waals surface area contributed by atoms with Gasteiger partial charge in [-0.2, -0.15) is 5.10 Å². The monoisotopic (exact) mass is 294 g/mol. The molecule has 0 spiro atoms. The van der Waals surface area contributed by atoms with E-state index in [1.165, 1.54) is 0 Å². The van der Waals surface area contributed by atoms with Crippen molar-refractivity contribution in [2.75, 3.05) is 0 Å². The van der Waals surface area contributed by atoms with Gasteiger partial charge in [-0.1, -0.05) is 48.5 Å². The maximum Gasteiger partial charge on any atom is 0.360 e. The lowest BCUT2D eigenvalue weighted by molar-refractivity contribution is 0.0315. The fourth-order valence-corrected chi connectivity index (χ4v) is 2.23. The van der Waals surface area contributed by atoms with Gasteiger partial charge in [0.25, 0.3) is 0 Å². The van der Waals surface area contributed by atoms with Crippen LogP contribution in [-0.2, 0) is 4.74 Å². The van der Waals surface area contributed by atoms with E-state index in [0.717, 1.165) is 5.52 Å². The number of carbonyl (C=O) groups excluding carboxylic acids is 2. The fraction of sp³-hybridized carbons (Fsp3) is 0.118. The van der Waals surface area contributed by atoms with Gasteiger partial charge in [-0.15, -0.1) is 0 Å². The summed E-state index contributed by atoms with van der Waals surface area (Å²) in [5, 5.41) is 7.41. The number of H-pyrrole nitrogens is 1. The molecule has 0 aliphatic carbocycles. The summed E-state index contributed by atoms with van der Waals surface area (Å²) in [6.45, 7) is 1.56. The first kappa shape index (κ1) is 14.0. The number of ether oxygens (including phenoxy) is 1. The molecule has 3 aromatic rings. The summed E-state index contributed by atoms with van der Waals surface area (Å²) in [5.41, 5.74) is 1.44. The lowest BCUT2D eigenvalue weighted by atomic mass is 10.1. The third-order valence-electron chi connectivity index (χ3n) is 3.38. The van der Waals surface area contributed by atoms with Gasteiger partial charge >= 0.3 is 5.97 Å². The number of esters is 1. The minimum atomic E-state index is -0.870. The number of Topliss-reactive ketones (excluding diaryl/α,β-unsaturated/α-hetero) is 1. The minimum absolute atomic E-state index is 0.184. The highest BCUT2D eigenvalue weighted by Gasteiger charge is 2.22. The van der Waals surface area contributed by atoms with E-state index in [9.17, 15) is 9.59 Å². The molecule has 0 bridgehead atoms. The third-order valence-corrected chi connectivity index (χ3v) is 3.38. The van der Waals surface area contributed by atoms with Gasteiger partial charge in [0, 0.05) is 10.9 Å². The highest BCUT2D eigenvalue weighted by Crippen LogP contribution is 2.17. The van der Waals surface area contributed by atoms with Crippen molar-refractivity contribution in [2.24, 2.45) is 0 Å². The first-order valence-electron chi connectivity index (χ1n) is 6.90. The Balaban J connectivity index is 1.78. The van der Waals surface area contributed by atoms with E-state index >= 15 is 0 Å². The molecule has 0 saturated carbocycles. The Labute approximate surface area is 126 Å². The smallest absolute Gasteiger partial charge is 0.360 e. The maximum absolute atomic E-state index is 12.2. The number of aromatic amines is 1. The molecule has 0 fully saturated rings. The molecular formula is C17H14N2O3. The van der Waals surface area contributed by atoms with E-state index in [0.29, 0.717) is 10.9 Å². The Bertz CT molecular complexity index is 824. The van der Waals surface area contributed by atoms with Crippen LogP contribution in [0.4, 0.5) is 0 Å². The van der Waals surface area contributed by atoms with Gasteiger partial charge in [0.15, 0.2) is 11.8 Å². The van der Waals surface area contributed by atoms with E-state index in [1.54, 1.807) is 37.3 Å². The van der Waals surface area contributed by atoms with Gasteiger partial charge < -0.3 is 4.74 Å². The van der Waals surface area contributed by atoms with Gasteiger partial charge in [-0.3, -0.25) is 9.89 Å². The number of aromatic nitrogens is 2. The maximum atomic E-state index is 12.2. The zero-order valence-electron chi connectivity index (χ0n) is 11.9.